The van der Waals surface area contributed by atoms with Crippen molar-refractivity contribution in [2.75, 3.05) is 0 Å². The lowest BCUT2D eigenvalue weighted by Crippen LogP contribution is -1.95. The predicted octanol–water partition coefficient (Wildman–Crippen LogP) is 3.15. The smallest absolute Gasteiger partial charge is 0.335 e. The van der Waals surface area contributed by atoms with E-state index in [0.29, 0.717) is 16.3 Å². The van der Waals surface area contributed by atoms with Crippen LogP contribution in [0, 0.1) is 0 Å². The molecular formula is C14H8ClN3O3. The van der Waals surface area contributed by atoms with Gasteiger partial charge in [-0.15, -0.1) is 10.2 Å². The Morgan fingerprint density at radius 1 is 1.14 bits per heavy atom. The molecule has 0 atom stereocenters. The number of halogens is 1. The Morgan fingerprint density at radius 3 is 2.71 bits per heavy atom. The molecule has 7 heteroatoms. The molecule has 3 rings (SSSR count). The molecule has 21 heavy (non-hydrogen) atoms. The minimum atomic E-state index is -1.02. The molecule has 0 unspecified atom stereocenters. The van der Waals surface area contributed by atoms with Crippen molar-refractivity contribution in [2.45, 2.75) is 0 Å². The first-order valence-corrected chi connectivity index (χ1v) is 6.30. The summed E-state index contributed by atoms with van der Waals surface area (Å²) in [6, 6.07) is 9.49. The number of aromatic nitrogens is 3. The third kappa shape index (κ3) is 2.75. The van der Waals surface area contributed by atoms with Crippen LogP contribution in [0.4, 0.5) is 0 Å². The van der Waals surface area contributed by atoms with Crippen molar-refractivity contribution in [1.82, 2.24) is 15.2 Å². The average Bonchev–Trinajstić information content (AvgIpc) is 2.97. The maximum atomic E-state index is 11.0. The Hall–Kier alpha value is -2.73. The van der Waals surface area contributed by atoms with Crippen LogP contribution in [0.25, 0.3) is 23.0 Å². The van der Waals surface area contributed by atoms with Gasteiger partial charge in [0.2, 0.25) is 5.89 Å². The number of rotatable bonds is 3. The zero-order chi connectivity index (χ0) is 14.8. The van der Waals surface area contributed by atoms with Gasteiger partial charge in [-0.2, -0.15) is 0 Å². The lowest BCUT2D eigenvalue weighted by molar-refractivity contribution is 0.0697. The summed E-state index contributed by atoms with van der Waals surface area (Å²) in [6.45, 7) is 0. The highest BCUT2D eigenvalue weighted by atomic mass is 35.5. The molecule has 0 spiro atoms. The van der Waals surface area contributed by atoms with E-state index < -0.39 is 5.97 Å². The monoisotopic (exact) mass is 301 g/mol. The SMILES string of the molecule is O=C(O)c1cccc(-c2nnc(-c3cc(Cl)ccn3)o2)c1. The van der Waals surface area contributed by atoms with Crippen LogP contribution >= 0.6 is 11.6 Å². The molecular weight excluding hydrogens is 294 g/mol. The number of carbonyl (C=O) groups is 1. The first kappa shape index (κ1) is 13.3. The molecule has 0 bridgehead atoms. The van der Waals surface area contributed by atoms with E-state index in [1.807, 2.05) is 0 Å². The molecule has 6 nitrogen and oxygen atoms in total. The summed E-state index contributed by atoms with van der Waals surface area (Å²) in [5.41, 5.74) is 1.12. The number of carboxylic acid groups (broad SMARTS) is 1. The van der Waals surface area contributed by atoms with Crippen LogP contribution in [-0.4, -0.2) is 26.3 Å². The van der Waals surface area contributed by atoms with E-state index in [1.54, 1.807) is 24.3 Å². The average molecular weight is 302 g/mol. The van der Waals surface area contributed by atoms with Gasteiger partial charge < -0.3 is 9.52 Å². The van der Waals surface area contributed by atoms with Crippen molar-refractivity contribution in [3.8, 4) is 23.0 Å². The van der Waals surface area contributed by atoms with Gasteiger partial charge in [-0.05, 0) is 30.3 Å². The van der Waals surface area contributed by atoms with E-state index >= 15 is 0 Å². The van der Waals surface area contributed by atoms with E-state index in [1.165, 1.54) is 18.3 Å². The summed E-state index contributed by atoms with van der Waals surface area (Å²) in [7, 11) is 0. The molecule has 0 amide bonds. The number of hydrogen-bond acceptors (Lipinski definition) is 5. The van der Waals surface area contributed by atoms with Crippen molar-refractivity contribution in [1.29, 1.82) is 0 Å². The van der Waals surface area contributed by atoms with E-state index in [0.717, 1.165) is 0 Å². The highest BCUT2D eigenvalue weighted by molar-refractivity contribution is 6.30. The second-order valence-corrected chi connectivity index (χ2v) is 4.59. The third-order valence-electron chi connectivity index (χ3n) is 2.72. The van der Waals surface area contributed by atoms with Crippen LogP contribution in [0.15, 0.2) is 47.0 Å². The minimum absolute atomic E-state index is 0.146. The summed E-state index contributed by atoms with van der Waals surface area (Å²) in [6.07, 6.45) is 1.53. The summed E-state index contributed by atoms with van der Waals surface area (Å²) in [5, 5.41) is 17.3. The fraction of sp³-hybridized carbons (Fsp3) is 0. The van der Waals surface area contributed by atoms with Gasteiger partial charge >= 0.3 is 5.97 Å². The Bertz CT molecular complexity index is 816. The summed E-state index contributed by atoms with van der Waals surface area (Å²) < 4.78 is 5.51. The van der Waals surface area contributed by atoms with Gasteiger partial charge in [0.15, 0.2) is 0 Å². The molecule has 1 aromatic carbocycles. The van der Waals surface area contributed by atoms with Crippen molar-refractivity contribution in [3.05, 3.63) is 53.2 Å². The topological polar surface area (TPSA) is 89.1 Å². The number of aromatic carboxylic acids is 1. The highest BCUT2D eigenvalue weighted by Gasteiger charge is 2.13. The molecule has 0 aliphatic heterocycles. The predicted molar refractivity (Wildman–Crippen MR) is 74.9 cm³/mol. The number of carboxylic acids is 1. The Balaban J connectivity index is 1.98. The largest absolute Gasteiger partial charge is 0.478 e. The van der Waals surface area contributed by atoms with Crippen molar-refractivity contribution in [2.24, 2.45) is 0 Å². The van der Waals surface area contributed by atoms with Crippen molar-refractivity contribution in [3.63, 3.8) is 0 Å². The number of pyridine rings is 1. The van der Waals surface area contributed by atoms with Gasteiger partial charge in [-0.25, -0.2) is 4.79 Å². The van der Waals surface area contributed by atoms with E-state index in [-0.39, 0.29) is 17.3 Å². The molecule has 0 fully saturated rings. The van der Waals surface area contributed by atoms with Gasteiger partial charge in [-0.1, -0.05) is 17.7 Å². The molecule has 1 N–H and O–H groups in total. The second-order valence-electron chi connectivity index (χ2n) is 4.16. The molecule has 0 aliphatic carbocycles. The van der Waals surface area contributed by atoms with E-state index in [9.17, 15) is 4.79 Å². The molecule has 0 saturated heterocycles. The maximum Gasteiger partial charge on any atom is 0.335 e. The molecule has 2 heterocycles. The minimum Gasteiger partial charge on any atom is -0.478 e. The molecule has 0 radical (unpaired) electrons. The van der Waals surface area contributed by atoms with Gasteiger partial charge in [0, 0.05) is 16.8 Å². The Kier molecular flexibility index (Phi) is 3.37. The molecule has 104 valence electrons. The van der Waals surface area contributed by atoms with Crippen molar-refractivity contribution >= 4 is 17.6 Å². The summed E-state index contributed by atoms with van der Waals surface area (Å²) >= 11 is 5.88. The van der Waals surface area contributed by atoms with Crippen LogP contribution in [0.5, 0.6) is 0 Å². The van der Waals surface area contributed by atoms with Crippen LogP contribution in [0.1, 0.15) is 10.4 Å². The summed E-state index contributed by atoms with van der Waals surface area (Å²) in [4.78, 5) is 15.0. The highest BCUT2D eigenvalue weighted by Crippen LogP contribution is 2.24. The van der Waals surface area contributed by atoms with Crippen LogP contribution in [0.3, 0.4) is 0 Å². The fourth-order valence-electron chi connectivity index (χ4n) is 1.75. The third-order valence-corrected chi connectivity index (χ3v) is 2.96. The summed E-state index contributed by atoms with van der Waals surface area (Å²) in [5.74, 6) is -0.587. The first-order valence-electron chi connectivity index (χ1n) is 5.92. The first-order chi connectivity index (χ1) is 10.1. The van der Waals surface area contributed by atoms with Crippen LogP contribution in [-0.2, 0) is 0 Å². The normalized spacial score (nSPS) is 10.5. The Labute approximate surface area is 124 Å². The van der Waals surface area contributed by atoms with Gasteiger partial charge in [0.1, 0.15) is 5.69 Å². The van der Waals surface area contributed by atoms with Gasteiger partial charge in [0.05, 0.1) is 5.56 Å². The van der Waals surface area contributed by atoms with E-state index in [4.69, 9.17) is 21.1 Å². The molecule has 2 aromatic heterocycles. The lowest BCUT2D eigenvalue weighted by atomic mass is 10.1. The molecule has 0 aliphatic rings. The number of nitrogens with zero attached hydrogens (tertiary/aromatic N) is 3. The fourth-order valence-corrected chi connectivity index (χ4v) is 1.91. The Morgan fingerprint density at radius 2 is 1.95 bits per heavy atom. The standard InChI is InChI=1S/C14H8ClN3O3/c15-10-4-5-16-11(7-10)13-18-17-12(21-13)8-2-1-3-9(6-8)14(19)20/h1-7H,(H,19,20). The second kappa shape index (κ2) is 5.34. The quantitative estimate of drug-likeness (QED) is 0.799. The van der Waals surface area contributed by atoms with E-state index in [2.05, 4.69) is 15.2 Å². The molecule has 3 aromatic rings. The molecule has 0 saturated carbocycles. The van der Waals surface area contributed by atoms with Crippen molar-refractivity contribution < 1.29 is 14.3 Å². The zero-order valence-corrected chi connectivity index (χ0v) is 11.3. The zero-order valence-electron chi connectivity index (χ0n) is 10.5. The van der Waals surface area contributed by atoms with Crippen LogP contribution in [0.2, 0.25) is 5.02 Å². The number of hydrogen-bond donors (Lipinski definition) is 1. The van der Waals surface area contributed by atoms with Gasteiger partial charge in [0.25, 0.3) is 5.89 Å². The lowest BCUT2D eigenvalue weighted by Gasteiger charge is -1.97. The number of benzene rings is 1. The van der Waals surface area contributed by atoms with Gasteiger partial charge in [-0.3, -0.25) is 4.98 Å². The maximum absolute atomic E-state index is 11.0. The van der Waals surface area contributed by atoms with Crippen LogP contribution < -0.4 is 0 Å².